The third-order valence-electron chi connectivity index (χ3n) is 2.89. The lowest BCUT2D eigenvalue weighted by atomic mass is 10.0. The molecule has 0 aliphatic heterocycles. The lowest BCUT2D eigenvalue weighted by Crippen LogP contribution is -1.87. The topological polar surface area (TPSA) is 46.2 Å². The quantitative estimate of drug-likeness (QED) is 0.441. The van der Waals surface area contributed by atoms with Gasteiger partial charge in [-0.15, -0.1) is 0 Å². The summed E-state index contributed by atoms with van der Waals surface area (Å²) in [4.78, 5) is 0. The van der Waals surface area contributed by atoms with Crippen LogP contribution in [0.5, 0.6) is 5.75 Å². The molecule has 0 radical (unpaired) electrons. The molecule has 0 saturated carbocycles. The second-order valence-corrected chi connectivity index (χ2v) is 3.89. The van der Waals surface area contributed by atoms with Crippen molar-refractivity contribution in [1.82, 2.24) is 0 Å². The number of hydrogen-bond donors (Lipinski definition) is 2. The van der Waals surface area contributed by atoms with Crippen molar-refractivity contribution in [3.63, 3.8) is 0 Å². The van der Waals surface area contributed by atoms with Crippen LogP contribution in [-0.4, -0.2) is 5.11 Å². The molecule has 0 amide bonds. The van der Waals surface area contributed by atoms with E-state index in [1.54, 1.807) is 6.07 Å². The fourth-order valence-corrected chi connectivity index (χ4v) is 2.12. The Bertz CT molecular complexity index is 689. The number of phenolic OH excluding ortho intramolecular Hbond substituents is 1. The molecular weight excluding hydrogens is 198 g/mol. The molecule has 0 atom stereocenters. The third-order valence-corrected chi connectivity index (χ3v) is 2.89. The smallest absolute Gasteiger partial charge is 0.133 e. The number of nitrogen functional groups attached to an aromatic ring is 1. The summed E-state index contributed by atoms with van der Waals surface area (Å²) in [5.41, 5.74) is 6.50. The number of nitrogens with two attached hydrogens (primary N) is 1. The highest BCUT2D eigenvalue weighted by molar-refractivity contribution is 6.09. The third kappa shape index (κ3) is 1.13. The average Bonchev–Trinajstić information content (AvgIpc) is 2.29. The molecule has 2 nitrogen and oxygen atoms in total. The second kappa shape index (κ2) is 3.14. The molecule has 0 saturated heterocycles. The summed E-state index contributed by atoms with van der Waals surface area (Å²) in [6, 6.07) is 15.4. The van der Waals surface area contributed by atoms with Crippen LogP contribution < -0.4 is 5.73 Å². The predicted octanol–water partition coefficient (Wildman–Crippen LogP) is 3.28. The molecule has 3 aromatic rings. The van der Waals surface area contributed by atoms with Crippen molar-refractivity contribution in [3.8, 4) is 5.75 Å². The normalized spacial score (nSPS) is 11.0. The SMILES string of the molecule is Nc1cccc2cc3ccccc3c(O)c12. The van der Waals surface area contributed by atoms with Gasteiger partial charge in [-0.2, -0.15) is 0 Å². The van der Waals surface area contributed by atoms with E-state index in [-0.39, 0.29) is 5.75 Å². The van der Waals surface area contributed by atoms with Crippen molar-refractivity contribution in [3.05, 3.63) is 48.5 Å². The van der Waals surface area contributed by atoms with E-state index >= 15 is 0 Å². The summed E-state index contributed by atoms with van der Waals surface area (Å²) < 4.78 is 0. The van der Waals surface area contributed by atoms with Gasteiger partial charge >= 0.3 is 0 Å². The van der Waals surface area contributed by atoms with E-state index in [2.05, 4.69) is 0 Å². The Hall–Kier alpha value is -2.22. The summed E-state index contributed by atoms with van der Waals surface area (Å²) in [6.07, 6.45) is 0. The molecule has 0 aliphatic rings. The Labute approximate surface area is 92.9 Å². The number of benzene rings is 3. The molecule has 16 heavy (non-hydrogen) atoms. The predicted molar refractivity (Wildman–Crippen MR) is 67.5 cm³/mol. The number of hydrogen-bond acceptors (Lipinski definition) is 2. The zero-order valence-corrected chi connectivity index (χ0v) is 8.64. The van der Waals surface area contributed by atoms with Gasteiger partial charge < -0.3 is 10.8 Å². The molecule has 0 aliphatic carbocycles. The zero-order valence-electron chi connectivity index (χ0n) is 8.64. The minimum Gasteiger partial charge on any atom is -0.507 e. The van der Waals surface area contributed by atoms with Gasteiger partial charge in [-0.3, -0.25) is 0 Å². The first kappa shape index (κ1) is 9.04. The van der Waals surface area contributed by atoms with Crippen LogP contribution in [0.1, 0.15) is 0 Å². The van der Waals surface area contributed by atoms with Crippen LogP contribution in [0.4, 0.5) is 5.69 Å². The summed E-state index contributed by atoms with van der Waals surface area (Å²) >= 11 is 0. The minimum absolute atomic E-state index is 0.270. The van der Waals surface area contributed by atoms with Crippen LogP contribution in [0, 0.1) is 0 Å². The van der Waals surface area contributed by atoms with Gasteiger partial charge in [0, 0.05) is 16.5 Å². The first-order valence-electron chi connectivity index (χ1n) is 5.16. The van der Waals surface area contributed by atoms with Crippen molar-refractivity contribution in [2.45, 2.75) is 0 Å². The van der Waals surface area contributed by atoms with Crippen LogP contribution in [-0.2, 0) is 0 Å². The Morgan fingerprint density at radius 3 is 2.50 bits per heavy atom. The van der Waals surface area contributed by atoms with Gasteiger partial charge in [0.2, 0.25) is 0 Å². The summed E-state index contributed by atoms with van der Waals surface area (Å²) in [5, 5.41) is 13.8. The van der Waals surface area contributed by atoms with Crippen LogP contribution in [0.2, 0.25) is 0 Å². The standard InChI is InChI=1S/C14H11NO/c15-12-7-3-5-10-8-9-4-1-2-6-11(9)14(16)13(10)12/h1-8,16H,15H2. The van der Waals surface area contributed by atoms with Crippen LogP contribution in [0.15, 0.2) is 48.5 Å². The first-order chi connectivity index (χ1) is 7.77. The summed E-state index contributed by atoms with van der Waals surface area (Å²) in [5.74, 6) is 0.270. The zero-order chi connectivity index (χ0) is 11.1. The maximum absolute atomic E-state index is 10.2. The minimum atomic E-state index is 0.270. The lowest BCUT2D eigenvalue weighted by molar-refractivity contribution is 0.488. The van der Waals surface area contributed by atoms with E-state index in [0.29, 0.717) is 5.69 Å². The van der Waals surface area contributed by atoms with Crippen molar-refractivity contribution in [1.29, 1.82) is 0 Å². The van der Waals surface area contributed by atoms with E-state index in [9.17, 15) is 5.11 Å². The van der Waals surface area contributed by atoms with E-state index in [1.807, 2.05) is 42.5 Å². The van der Waals surface area contributed by atoms with Crippen LogP contribution in [0.3, 0.4) is 0 Å². The monoisotopic (exact) mass is 209 g/mol. The largest absolute Gasteiger partial charge is 0.507 e. The fraction of sp³-hybridized carbons (Fsp3) is 0. The van der Waals surface area contributed by atoms with Crippen molar-refractivity contribution in [2.75, 3.05) is 5.73 Å². The number of anilines is 1. The average molecular weight is 209 g/mol. The maximum atomic E-state index is 10.2. The fourth-order valence-electron chi connectivity index (χ4n) is 2.12. The number of aromatic hydroxyl groups is 1. The van der Waals surface area contributed by atoms with E-state index in [1.165, 1.54) is 0 Å². The second-order valence-electron chi connectivity index (χ2n) is 3.89. The van der Waals surface area contributed by atoms with E-state index in [4.69, 9.17) is 5.73 Å². The number of phenols is 1. The highest BCUT2D eigenvalue weighted by Crippen LogP contribution is 2.36. The van der Waals surface area contributed by atoms with Crippen molar-refractivity contribution < 1.29 is 5.11 Å². The van der Waals surface area contributed by atoms with Gasteiger partial charge in [-0.1, -0.05) is 36.4 Å². The lowest BCUT2D eigenvalue weighted by Gasteiger charge is -2.08. The van der Waals surface area contributed by atoms with Crippen LogP contribution >= 0.6 is 0 Å². The summed E-state index contributed by atoms with van der Waals surface area (Å²) in [7, 11) is 0. The molecular formula is C14H11NO. The van der Waals surface area contributed by atoms with Gasteiger partial charge in [0.15, 0.2) is 0 Å². The Morgan fingerprint density at radius 2 is 1.62 bits per heavy atom. The van der Waals surface area contributed by atoms with Crippen molar-refractivity contribution >= 4 is 27.2 Å². The van der Waals surface area contributed by atoms with E-state index in [0.717, 1.165) is 21.5 Å². The van der Waals surface area contributed by atoms with Crippen molar-refractivity contribution in [2.24, 2.45) is 0 Å². The number of fused-ring (bicyclic) bond motifs is 2. The van der Waals surface area contributed by atoms with Gasteiger partial charge in [-0.05, 0) is 22.9 Å². The molecule has 2 heteroatoms. The molecule has 3 rings (SSSR count). The molecule has 3 N–H and O–H groups in total. The van der Waals surface area contributed by atoms with Gasteiger partial charge in [0.25, 0.3) is 0 Å². The molecule has 0 fully saturated rings. The van der Waals surface area contributed by atoms with Crippen LogP contribution in [0.25, 0.3) is 21.5 Å². The maximum Gasteiger partial charge on any atom is 0.133 e. The van der Waals surface area contributed by atoms with Gasteiger partial charge in [0.1, 0.15) is 5.75 Å². The van der Waals surface area contributed by atoms with E-state index < -0.39 is 0 Å². The highest BCUT2D eigenvalue weighted by Gasteiger charge is 2.07. The Morgan fingerprint density at radius 1 is 0.875 bits per heavy atom. The molecule has 78 valence electrons. The molecule has 0 heterocycles. The highest BCUT2D eigenvalue weighted by atomic mass is 16.3. The first-order valence-corrected chi connectivity index (χ1v) is 5.16. The molecule has 0 aromatic heterocycles. The van der Waals surface area contributed by atoms with Gasteiger partial charge in [0.05, 0.1) is 0 Å². The molecule has 0 unspecified atom stereocenters. The van der Waals surface area contributed by atoms with Gasteiger partial charge in [-0.25, -0.2) is 0 Å². The summed E-state index contributed by atoms with van der Waals surface area (Å²) in [6.45, 7) is 0. The Balaban J connectivity index is 2.62. The molecule has 0 spiro atoms. The Kier molecular flexibility index (Phi) is 1.77. The number of rotatable bonds is 0. The molecule has 0 bridgehead atoms. The molecule has 3 aromatic carbocycles.